The molecule has 0 radical (unpaired) electrons. The molecule has 24 heavy (non-hydrogen) atoms. The number of amides is 1. The van der Waals surface area contributed by atoms with Crippen LogP contribution in [-0.2, 0) is 29.1 Å². The Hall–Kier alpha value is -2.64. The van der Waals surface area contributed by atoms with Crippen LogP contribution in [0.15, 0.2) is 24.5 Å². The summed E-state index contributed by atoms with van der Waals surface area (Å²) in [5, 5.41) is 17.4. The minimum Gasteiger partial charge on any atom is -0.481 e. The molecule has 2 aromatic heterocycles. The molecule has 8 nitrogen and oxygen atoms in total. The summed E-state index contributed by atoms with van der Waals surface area (Å²) >= 11 is 0. The minimum absolute atomic E-state index is 0.0562. The van der Waals surface area contributed by atoms with E-state index >= 15 is 0 Å². The number of aryl methyl sites for hydroxylation is 1. The van der Waals surface area contributed by atoms with Gasteiger partial charge in [0.15, 0.2) is 0 Å². The van der Waals surface area contributed by atoms with Crippen molar-refractivity contribution in [3.05, 3.63) is 35.9 Å². The summed E-state index contributed by atoms with van der Waals surface area (Å²) < 4.78 is 3.57. The van der Waals surface area contributed by atoms with Crippen molar-refractivity contribution in [1.82, 2.24) is 24.5 Å². The maximum atomic E-state index is 12.8. The lowest BCUT2D eigenvalue weighted by Crippen LogP contribution is -2.42. The van der Waals surface area contributed by atoms with Gasteiger partial charge in [0, 0.05) is 25.4 Å². The number of carbonyl (C=O) groups excluding carboxylic acids is 1. The number of aromatic nitrogens is 4. The van der Waals surface area contributed by atoms with Crippen molar-refractivity contribution < 1.29 is 14.7 Å². The Labute approximate surface area is 139 Å². The van der Waals surface area contributed by atoms with Gasteiger partial charge in [-0.05, 0) is 18.6 Å². The van der Waals surface area contributed by atoms with E-state index in [-0.39, 0.29) is 18.4 Å². The van der Waals surface area contributed by atoms with Crippen molar-refractivity contribution in [2.24, 2.45) is 0 Å². The number of nitrogens with zero attached hydrogens (tertiary/aromatic N) is 5. The molecule has 0 aromatic carbocycles. The van der Waals surface area contributed by atoms with Crippen molar-refractivity contribution in [3.63, 3.8) is 0 Å². The second-order valence-corrected chi connectivity index (χ2v) is 5.91. The van der Waals surface area contributed by atoms with Crippen LogP contribution in [0.4, 0.5) is 0 Å². The minimum atomic E-state index is -0.831. The van der Waals surface area contributed by atoms with Gasteiger partial charge in [-0.2, -0.15) is 10.2 Å². The van der Waals surface area contributed by atoms with Crippen molar-refractivity contribution >= 4 is 11.9 Å². The molecule has 0 unspecified atom stereocenters. The van der Waals surface area contributed by atoms with Crippen LogP contribution >= 0.6 is 0 Å². The predicted molar refractivity (Wildman–Crippen MR) is 85.2 cm³/mol. The zero-order valence-electron chi connectivity index (χ0n) is 13.6. The molecule has 0 saturated carbocycles. The number of carbonyl (C=O) groups is 2. The second kappa shape index (κ2) is 6.86. The van der Waals surface area contributed by atoms with E-state index < -0.39 is 5.97 Å². The molecule has 3 heterocycles. The van der Waals surface area contributed by atoms with Gasteiger partial charge in [0.25, 0.3) is 0 Å². The maximum Gasteiger partial charge on any atom is 0.303 e. The van der Waals surface area contributed by atoms with Crippen molar-refractivity contribution in [2.75, 3.05) is 6.54 Å². The summed E-state index contributed by atoms with van der Waals surface area (Å²) in [4.78, 5) is 25.3. The lowest BCUT2D eigenvalue weighted by atomic mass is 10.1. The highest BCUT2D eigenvalue weighted by molar-refractivity contribution is 5.80. The molecule has 128 valence electrons. The SMILES string of the molecule is CC[C@@H](C(=O)N1CCn2nc(CCC(=O)O)cc2C1)n1cccn1. The number of hydrogen-bond acceptors (Lipinski definition) is 4. The van der Waals surface area contributed by atoms with E-state index in [2.05, 4.69) is 10.2 Å². The molecule has 0 spiro atoms. The summed E-state index contributed by atoms with van der Waals surface area (Å²) in [6.07, 6.45) is 4.64. The molecule has 0 bridgehead atoms. The fourth-order valence-electron chi connectivity index (χ4n) is 3.02. The first-order valence-corrected chi connectivity index (χ1v) is 8.13. The van der Waals surface area contributed by atoms with Gasteiger partial charge < -0.3 is 10.0 Å². The van der Waals surface area contributed by atoms with Crippen LogP contribution in [0.5, 0.6) is 0 Å². The van der Waals surface area contributed by atoms with Crippen molar-refractivity contribution in [1.29, 1.82) is 0 Å². The Morgan fingerprint density at radius 3 is 2.88 bits per heavy atom. The Morgan fingerprint density at radius 1 is 1.38 bits per heavy atom. The van der Waals surface area contributed by atoms with Crippen LogP contribution in [0.3, 0.4) is 0 Å². The standard InChI is InChI=1S/C16H21N5O3/c1-2-14(21-7-3-6-17-21)16(24)19-8-9-20-13(11-19)10-12(18-20)4-5-15(22)23/h3,6-7,10,14H,2,4-5,8-9,11H2,1H3,(H,22,23)/t14-/m0/s1. The molecular weight excluding hydrogens is 310 g/mol. The molecule has 1 aliphatic heterocycles. The number of hydrogen-bond donors (Lipinski definition) is 1. The Bertz CT molecular complexity index is 722. The largest absolute Gasteiger partial charge is 0.481 e. The number of carboxylic acid groups (broad SMARTS) is 1. The highest BCUT2D eigenvalue weighted by Gasteiger charge is 2.28. The van der Waals surface area contributed by atoms with Gasteiger partial charge in [-0.25, -0.2) is 0 Å². The molecule has 0 fully saturated rings. The van der Waals surface area contributed by atoms with Gasteiger partial charge in [0.2, 0.25) is 5.91 Å². The lowest BCUT2D eigenvalue weighted by molar-refractivity contribution is -0.137. The third-order valence-electron chi connectivity index (χ3n) is 4.27. The van der Waals surface area contributed by atoms with E-state index in [1.54, 1.807) is 10.9 Å². The smallest absolute Gasteiger partial charge is 0.303 e. The third kappa shape index (κ3) is 3.32. The van der Waals surface area contributed by atoms with Crippen LogP contribution in [-0.4, -0.2) is 48.0 Å². The van der Waals surface area contributed by atoms with E-state index in [9.17, 15) is 9.59 Å². The van der Waals surface area contributed by atoms with E-state index in [0.29, 0.717) is 32.5 Å². The first-order chi connectivity index (χ1) is 11.6. The van der Waals surface area contributed by atoms with E-state index in [0.717, 1.165) is 11.4 Å². The Balaban J connectivity index is 1.70. The average molecular weight is 331 g/mol. The Kier molecular flexibility index (Phi) is 4.64. The highest BCUT2D eigenvalue weighted by atomic mass is 16.4. The lowest BCUT2D eigenvalue weighted by Gasteiger charge is -2.30. The molecule has 8 heteroatoms. The summed E-state index contributed by atoms with van der Waals surface area (Å²) in [5.74, 6) is -0.775. The van der Waals surface area contributed by atoms with Crippen LogP contribution in [0.1, 0.15) is 37.2 Å². The molecular formula is C16H21N5O3. The Morgan fingerprint density at radius 2 is 2.21 bits per heavy atom. The molecule has 3 rings (SSSR count). The zero-order chi connectivity index (χ0) is 17.1. The molecule has 1 atom stereocenters. The first-order valence-electron chi connectivity index (χ1n) is 8.13. The van der Waals surface area contributed by atoms with E-state index in [1.807, 2.05) is 34.8 Å². The van der Waals surface area contributed by atoms with Crippen LogP contribution in [0, 0.1) is 0 Å². The summed E-state index contributed by atoms with van der Waals surface area (Å²) in [5.41, 5.74) is 1.71. The molecule has 1 aliphatic rings. The summed E-state index contributed by atoms with van der Waals surface area (Å²) in [6.45, 7) is 3.70. The summed E-state index contributed by atoms with van der Waals surface area (Å²) in [7, 11) is 0. The van der Waals surface area contributed by atoms with Gasteiger partial charge in [0.05, 0.1) is 30.9 Å². The van der Waals surface area contributed by atoms with Gasteiger partial charge in [-0.15, -0.1) is 0 Å². The van der Waals surface area contributed by atoms with Crippen LogP contribution < -0.4 is 0 Å². The zero-order valence-corrected chi connectivity index (χ0v) is 13.6. The first kappa shape index (κ1) is 16.2. The van der Waals surface area contributed by atoms with Crippen LogP contribution in [0.25, 0.3) is 0 Å². The molecule has 0 saturated heterocycles. The number of carboxylic acids is 1. The van der Waals surface area contributed by atoms with Gasteiger partial charge in [-0.3, -0.25) is 19.0 Å². The topological polar surface area (TPSA) is 93.3 Å². The van der Waals surface area contributed by atoms with Gasteiger partial charge in [0.1, 0.15) is 6.04 Å². The molecule has 0 aliphatic carbocycles. The maximum absolute atomic E-state index is 12.8. The average Bonchev–Trinajstić information content (AvgIpc) is 3.22. The normalized spacial score (nSPS) is 15.1. The van der Waals surface area contributed by atoms with Gasteiger partial charge >= 0.3 is 5.97 Å². The fourth-order valence-corrected chi connectivity index (χ4v) is 3.02. The highest BCUT2D eigenvalue weighted by Crippen LogP contribution is 2.20. The fraction of sp³-hybridized carbons (Fsp3) is 0.500. The number of aliphatic carboxylic acids is 1. The monoisotopic (exact) mass is 331 g/mol. The van der Waals surface area contributed by atoms with Crippen molar-refractivity contribution in [3.8, 4) is 0 Å². The third-order valence-corrected chi connectivity index (χ3v) is 4.27. The summed E-state index contributed by atoms with van der Waals surface area (Å²) in [6, 6.07) is 3.42. The second-order valence-electron chi connectivity index (χ2n) is 5.91. The van der Waals surface area contributed by atoms with Crippen LogP contribution in [0.2, 0.25) is 0 Å². The molecule has 2 aromatic rings. The number of fused-ring (bicyclic) bond motifs is 1. The predicted octanol–water partition coefficient (Wildman–Crippen LogP) is 1.09. The molecule has 1 N–H and O–H groups in total. The van der Waals surface area contributed by atoms with E-state index in [1.165, 1.54) is 0 Å². The quantitative estimate of drug-likeness (QED) is 0.855. The van der Waals surface area contributed by atoms with Crippen molar-refractivity contribution in [2.45, 2.75) is 45.3 Å². The molecule has 1 amide bonds. The van der Waals surface area contributed by atoms with E-state index in [4.69, 9.17) is 5.11 Å². The number of rotatable bonds is 6. The van der Waals surface area contributed by atoms with Gasteiger partial charge in [-0.1, -0.05) is 6.92 Å².